The molecular weight excluding hydrogens is 252 g/mol. The molecule has 0 bridgehead atoms. The fourth-order valence-electron chi connectivity index (χ4n) is 1.72. The van der Waals surface area contributed by atoms with E-state index in [4.69, 9.17) is 16.2 Å². The minimum Gasteiger partial charge on any atom is -0.490 e. The summed E-state index contributed by atoms with van der Waals surface area (Å²) in [4.78, 5) is 4.07. The SMILES string of the molecule is Cc1cncc(OCC(N)CNc2ccc(N)cc2)c1. The van der Waals surface area contributed by atoms with Gasteiger partial charge in [0, 0.05) is 24.1 Å². The molecule has 0 saturated carbocycles. The smallest absolute Gasteiger partial charge is 0.137 e. The third kappa shape index (κ3) is 4.44. The van der Waals surface area contributed by atoms with E-state index in [1.807, 2.05) is 37.3 Å². The molecule has 0 aliphatic heterocycles. The number of nitrogen functional groups attached to an aromatic ring is 1. The lowest BCUT2D eigenvalue weighted by Crippen LogP contribution is -2.35. The fourth-order valence-corrected chi connectivity index (χ4v) is 1.72. The number of aromatic nitrogens is 1. The number of nitrogens with two attached hydrogens (primary N) is 2. The number of ether oxygens (including phenoxy) is 1. The zero-order valence-corrected chi connectivity index (χ0v) is 11.5. The van der Waals surface area contributed by atoms with Crippen LogP contribution in [0.4, 0.5) is 11.4 Å². The largest absolute Gasteiger partial charge is 0.490 e. The monoisotopic (exact) mass is 272 g/mol. The molecule has 20 heavy (non-hydrogen) atoms. The van der Waals surface area contributed by atoms with Gasteiger partial charge in [0.1, 0.15) is 12.4 Å². The molecule has 0 amide bonds. The normalized spacial score (nSPS) is 11.9. The topological polar surface area (TPSA) is 86.2 Å². The number of nitrogens with one attached hydrogen (secondary N) is 1. The van der Waals surface area contributed by atoms with E-state index in [0.717, 1.165) is 22.7 Å². The number of anilines is 2. The minimum absolute atomic E-state index is 0.104. The van der Waals surface area contributed by atoms with Crippen LogP contribution >= 0.6 is 0 Å². The van der Waals surface area contributed by atoms with Gasteiger partial charge in [-0.2, -0.15) is 0 Å². The predicted molar refractivity (Wildman–Crippen MR) is 81.8 cm³/mol. The molecule has 2 rings (SSSR count). The zero-order chi connectivity index (χ0) is 14.4. The third-order valence-corrected chi connectivity index (χ3v) is 2.79. The van der Waals surface area contributed by atoms with E-state index in [2.05, 4.69) is 10.3 Å². The summed E-state index contributed by atoms with van der Waals surface area (Å²) in [6.07, 6.45) is 3.47. The van der Waals surface area contributed by atoms with Crippen molar-refractivity contribution in [2.24, 2.45) is 5.73 Å². The van der Waals surface area contributed by atoms with Crippen LogP contribution in [0.3, 0.4) is 0 Å². The van der Waals surface area contributed by atoms with Crippen molar-refractivity contribution in [3.8, 4) is 5.75 Å². The van der Waals surface area contributed by atoms with Crippen LogP contribution in [0.5, 0.6) is 5.75 Å². The number of hydrogen-bond acceptors (Lipinski definition) is 5. The first-order valence-corrected chi connectivity index (χ1v) is 6.53. The van der Waals surface area contributed by atoms with Crippen LogP contribution < -0.4 is 21.5 Å². The summed E-state index contributed by atoms with van der Waals surface area (Å²) in [5.74, 6) is 0.743. The van der Waals surface area contributed by atoms with Crippen molar-refractivity contribution in [3.05, 3.63) is 48.3 Å². The second-order valence-electron chi connectivity index (χ2n) is 4.77. The highest BCUT2D eigenvalue weighted by atomic mass is 16.5. The molecule has 0 radical (unpaired) electrons. The number of rotatable bonds is 6. The van der Waals surface area contributed by atoms with Crippen molar-refractivity contribution in [1.82, 2.24) is 4.98 Å². The highest BCUT2D eigenvalue weighted by Crippen LogP contribution is 2.11. The molecule has 0 spiro atoms. The summed E-state index contributed by atoms with van der Waals surface area (Å²) in [6, 6.07) is 9.38. The standard InChI is InChI=1S/C15H20N4O/c1-11-6-15(9-18-7-11)20-10-13(17)8-19-14-4-2-12(16)3-5-14/h2-7,9,13,19H,8,10,16-17H2,1H3. The summed E-state index contributed by atoms with van der Waals surface area (Å²) in [5.41, 5.74) is 14.4. The first-order valence-electron chi connectivity index (χ1n) is 6.53. The van der Waals surface area contributed by atoms with Gasteiger partial charge in [-0.15, -0.1) is 0 Å². The second kappa shape index (κ2) is 6.77. The number of pyridine rings is 1. The molecule has 0 aliphatic carbocycles. The lowest BCUT2D eigenvalue weighted by atomic mass is 10.2. The van der Waals surface area contributed by atoms with Gasteiger partial charge in [-0.05, 0) is 42.8 Å². The Balaban J connectivity index is 1.75. The maximum atomic E-state index is 6.00. The van der Waals surface area contributed by atoms with E-state index in [-0.39, 0.29) is 6.04 Å². The summed E-state index contributed by atoms with van der Waals surface area (Å²) >= 11 is 0. The fraction of sp³-hybridized carbons (Fsp3) is 0.267. The molecule has 5 N–H and O–H groups in total. The van der Waals surface area contributed by atoms with Crippen LogP contribution in [0.2, 0.25) is 0 Å². The Labute approximate surface area is 119 Å². The van der Waals surface area contributed by atoms with Gasteiger partial charge in [-0.1, -0.05) is 0 Å². The average molecular weight is 272 g/mol. The third-order valence-electron chi connectivity index (χ3n) is 2.79. The zero-order valence-electron chi connectivity index (χ0n) is 11.5. The Morgan fingerprint density at radius 1 is 1.25 bits per heavy atom. The van der Waals surface area contributed by atoms with Crippen molar-refractivity contribution in [3.63, 3.8) is 0 Å². The first-order chi connectivity index (χ1) is 9.63. The maximum Gasteiger partial charge on any atom is 0.137 e. The van der Waals surface area contributed by atoms with Crippen LogP contribution in [0.1, 0.15) is 5.56 Å². The summed E-state index contributed by atoms with van der Waals surface area (Å²) < 4.78 is 5.61. The highest BCUT2D eigenvalue weighted by molar-refractivity contribution is 5.51. The van der Waals surface area contributed by atoms with Crippen LogP contribution in [0.15, 0.2) is 42.7 Å². The van der Waals surface area contributed by atoms with Crippen molar-refractivity contribution in [2.45, 2.75) is 13.0 Å². The molecule has 2 aromatic rings. The lowest BCUT2D eigenvalue weighted by molar-refractivity contribution is 0.292. The maximum absolute atomic E-state index is 6.00. The average Bonchev–Trinajstić information content (AvgIpc) is 2.45. The quantitative estimate of drug-likeness (QED) is 0.698. The van der Waals surface area contributed by atoms with Gasteiger partial charge in [0.05, 0.1) is 12.2 Å². The van der Waals surface area contributed by atoms with Crippen molar-refractivity contribution < 1.29 is 4.74 Å². The Kier molecular flexibility index (Phi) is 4.79. The van der Waals surface area contributed by atoms with E-state index in [1.54, 1.807) is 12.4 Å². The van der Waals surface area contributed by atoms with Gasteiger partial charge in [0.25, 0.3) is 0 Å². The van der Waals surface area contributed by atoms with E-state index in [1.165, 1.54) is 0 Å². The van der Waals surface area contributed by atoms with Gasteiger partial charge in [0.2, 0.25) is 0 Å². The molecular formula is C15H20N4O. The first kappa shape index (κ1) is 14.1. The molecule has 0 aliphatic rings. The van der Waals surface area contributed by atoms with Crippen molar-refractivity contribution >= 4 is 11.4 Å². The van der Waals surface area contributed by atoms with Gasteiger partial charge < -0.3 is 21.5 Å². The van der Waals surface area contributed by atoms with E-state index in [0.29, 0.717) is 13.2 Å². The predicted octanol–water partition coefficient (Wildman–Crippen LogP) is 1.79. The highest BCUT2D eigenvalue weighted by Gasteiger charge is 2.04. The summed E-state index contributed by atoms with van der Waals surface area (Å²) in [7, 11) is 0. The number of nitrogens with zero attached hydrogens (tertiary/aromatic N) is 1. The molecule has 1 aromatic heterocycles. The molecule has 5 nitrogen and oxygen atoms in total. The van der Waals surface area contributed by atoms with Crippen LogP contribution in [0.25, 0.3) is 0 Å². The summed E-state index contributed by atoms with van der Waals surface area (Å²) in [6.45, 7) is 3.04. The molecule has 1 atom stereocenters. The molecule has 1 aromatic carbocycles. The Morgan fingerprint density at radius 3 is 2.70 bits per heavy atom. The molecule has 1 heterocycles. The van der Waals surface area contributed by atoms with Crippen molar-refractivity contribution in [1.29, 1.82) is 0 Å². The van der Waals surface area contributed by atoms with Crippen LogP contribution in [-0.2, 0) is 0 Å². The van der Waals surface area contributed by atoms with E-state index < -0.39 is 0 Å². The number of hydrogen-bond donors (Lipinski definition) is 3. The van der Waals surface area contributed by atoms with Gasteiger partial charge in [0.15, 0.2) is 0 Å². The second-order valence-corrected chi connectivity index (χ2v) is 4.77. The Hall–Kier alpha value is -2.27. The molecule has 1 unspecified atom stereocenters. The van der Waals surface area contributed by atoms with Gasteiger partial charge in [-0.25, -0.2) is 0 Å². The van der Waals surface area contributed by atoms with Gasteiger partial charge in [-0.3, -0.25) is 4.98 Å². The van der Waals surface area contributed by atoms with E-state index in [9.17, 15) is 0 Å². The summed E-state index contributed by atoms with van der Waals surface area (Å²) in [5, 5.41) is 3.24. The van der Waals surface area contributed by atoms with E-state index >= 15 is 0 Å². The Morgan fingerprint density at radius 2 is 2.00 bits per heavy atom. The van der Waals surface area contributed by atoms with Crippen LogP contribution in [-0.4, -0.2) is 24.2 Å². The minimum atomic E-state index is -0.104. The molecule has 5 heteroatoms. The number of aryl methyl sites for hydroxylation is 1. The molecule has 0 fully saturated rings. The number of benzene rings is 1. The van der Waals surface area contributed by atoms with Gasteiger partial charge >= 0.3 is 0 Å². The van der Waals surface area contributed by atoms with Crippen LogP contribution in [0, 0.1) is 6.92 Å². The molecule has 106 valence electrons. The molecule has 0 saturated heterocycles. The lowest BCUT2D eigenvalue weighted by Gasteiger charge is -2.15. The van der Waals surface area contributed by atoms with Crippen molar-refractivity contribution in [2.75, 3.05) is 24.2 Å². The Bertz CT molecular complexity index is 542.